The van der Waals surface area contributed by atoms with Crippen molar-refractivity contribution >= 4 is 11.7 Å². The number of benzene rings is 2. The highest BCUT2D eigenvalue weighted by molar-refractivity contribution is 5.73. The van der Waals surface area contributed by atoms with Gasteiger partial charge in [-0.15, -0.1) is 0 Å². The van der Waals surface area contributed by atoms with E-state index in [1.165, 1.54) is 16.7 Å². The number of hydrogen-bond acceptors (Lipinski definition) is 5. The number of piperazine rings is 1. The van der Waals surface area contributed by atoms with Gasteiger partial charge in [0, 0.05) is 57.8 Å². The molecule has 0 aliphatic carbocycles. The lowest BCUT2D eigenvalue weighted by atomic mass is 9.97. The van der Waals surface area contributed by atoms with E-state index in [2.05, 4.69) is 36.9 Å². The quantitative estimate of drug-likeness (QED) is 0.571. The topological polar surface area (TPSA) is 58.6 Å². The van der Waals surface area contributed by atoms with Crippen LogP contribution in [0.15, 0.2) is 48.5 Å². The molecule has 1 fully saturated rings. The van der Waals surface area contributed by atoms with E-state index >= 15 is 0 Å². The van der Waals surface area contributed by atoms with Crippen molar-refractivity contribution < 1.29 is 9.53 Å². The number of carbonyl (C=O) groups excluding carboxylic acids is 1. The second-order valence-corrected chi connectivity index (χ2v) is 8.69. The van der Waals surface area contributed by atoms with Crippen LogP contribution >= 0.6 is 0 Å². The number of rotatable bonds is 6. The zero-order chi connectivity index (χ0) is 23.4. The molecule has 0 spiro atoms. The number of amides is 1. The van der Waals surface area contributed by atoms with Gasteiger partial charge in [-0.25, -0.2) is 9.97 Å². The first-order valence-corrected chi connectivity index (χ1v) is 11.5. The van der Waals surface area contributed by atoms with Crippen molar-refractivity contribution in [3.63, 3.8) is 0 Å². The summed E-state index contributed by atoms with van der Waals surface area (Å²) in [5.74, 6) is 1.77. The molecule has 1 saturated heterocycles. The molecule has 0 N–H and O–H groups in total. The number of aryl methyl sites for hydroxylation is 2. The summed E-state index contributed by atoms with van der Waals surface area (Å²) in [7, 11) is 1.71. The van der Waals surface area contributed by atoms with Gasteiger partial charge >= 0.3 is 0 Å². The van der Waals surface area contributed by atoms with Crippen LogP contribution in [0.1, 0.15) is 34.9 Å². The van der Waals surface area contributed by atoms with Crippen molar-refractivity contribution in [1.82, 2.24) is 14.9 Å². The smallest absolute Gasteiger partial charge is 0.219 e. The van der Waals surface area contributed by atoms with E-state index < -0.39 is 0 Å². The molecule has 2 aromatic carbocycles. The van der Waals surface area contributed by atoms with Gasteiger partial charge in [0.15, 0.2) is 5.82 Å². The molecule has 33 heavy (non-hydrogen) atoms. The van der Waals surface area contributed by atoms with Crippen LogP contribution < -0.4 is 4.90 Å². The molecule has 0 bridgehead atoms. The van der Waals surface area contributed by atoms with Gasteiger partial charge in [-0.1, -0.05) is 54.1 Å². The Morgan fingerprint density at radius 1 is 1.00 bits per heavy atom. The van der Waals surface area contributed by atoms with Crippen molar-refractivity contribution in [3.05, 3.63) is 76.5 Å². The summed E-state index contributed by atoms with van der Waals surface area (Å²) in [5, 5.41) is 0. The highest BCUT2D eigenvalue weighted by Gasteiger charge is 2.25. The number of carbonyl (C=O) groups is 1. The van der Waals surface area contributed by atoms with E-state index in [9.17, 15) is 4.79 Å². The predicted molar refractivity (Wildman–Crippen MR) is 131 cm³/mol. The SMILES string of the molecule is COCc1nc(-c2ccccc2)nc(N2CCN(C(C)=O)CC2)c1Cc1cc(C)ccc1C. The van der Waals surface area contributed by atoms with E-state index in [1.54, 1.807) is 14.0 Å². The second-order valence-electron chi connectivity index (χ2n) is 8.69. The Labute approximate surface area is 196 Å². The Balaban J connectivity index is 1.81. The van der Waals surface area contributed by atoms with Gasteiger partial charge in [0.1, 0.15) is 5.82 Å². The van der Waals surface area contributed by atoms with Crippen LogP contribution in [0.25, 0.3) is 11.4 Å². The van der Waals surface area contributed by atoms with E-state index in [0.29, 0.717) is 25.5 Å². The molecule has 0 radical (unpaired) electrons. The first kappa shape index (κ1) is 22.9. The van der Waals surface area contributed by atoms with Gasteiger partial charge in [-0.05, 0) is 25.0 Å². The van der Waals surface area contributed by atoms with Crippen molar-refractivity contribution in [2.75, 3.05) is 38.2 Å². The standard InChI is InChI=1S/C27H32N4O2/c1-19-10-11-20(2)23(16-19)17-24-25(18-33-4)28-26(22-8-6-5-7-9-22)29-27(24)31-14-12-30(13-15-31)21(3)32/h5-11,16H,12-15,17-18H2,1-4H3. The van der Waals surface area contributed by atoms with Crippen molar-refractivity contribution in [1.29, 1.82) is 0 Å². The lowest BCUT2D eigenvalue weighted by Crippen LogP contribution is -2.48. The van der Waals surface area contributed by atoms with E-state index in [-0.39, 0.29) is 5.91 Å². The van der Waals surface area contributed by atoms with Gasteiger partial charge < -0.3 is 14.5 Å². The molecule has 172 valence electrons. The number of methoxy groups -OCH3 is 1. The lowest BCUT2D eigenvalue weighted by Gasteiger charge is -2.36. The maximum Gasteiger partial charge on any atom is 0.219 e. The van der Waals surface area contributed by atoms with Crippen LogP contribution in [-0.2, 0) is 22.6 Å². The van der Waals surface area contributed by atoms with Gasteiger partial charge in [-0.3, -0.25) is 4.79 Å². The fourth-order valence-electron chi connectivity index (χ4n) is 4.35. The van der Waals surface area contributed by atoms with Crippen molar-refractivity contribution in [2.24, 2.45) is 0 Å². The minimum atomic E-state index is 0.123. The molecule has 2 heterocycles. The van der Waals surface area contributed by atoms with E-state index in [0.717, 1.165) is 42.1 Å². The molecule has 0 atom stereocenters. The maximum atomic E-state index is 11.9. The third kappa shape index (κ3) is 5.22. The van der Waals surface area contributed by atoms with Crippen LogP contribution in [0.4, 0.5) is 5.82 Å². The maximum absolute atomic E-state index is 11.9. The summed E-state index contributed by atoms with van der Waals surface area (Å²) in [6, 6.07) is 16.6. The molecule has 3 aromatic rings. The number of aromatic nitrogens is 2. The fraction of sp³-hybridized carbons (Fsp3) is 0.370. The van der Waals surface area contributed by atoms with E-state index in [1.807, 2.05) is 35.2 Å². The number of nitrogens with zero attached hydrogens (tertiary/aromatic N) is 4. The summed E-state index contributed by atoms with van der Waals surface area (Å²) in [6.45, 7) is 9.21. The monoisotopic (exact) mass is 444 g/mol. The van der Waals surface area contributed by atoms with Crippen LogP contribution in [0.2, 0.25) is 0 Å². The summed E-state index contributed by atoms with van der Waals surface area (Å²) < 4.78 is 5.58. The van der Waals surface area contributed by atoms with Gasteiger partial charge in [-0.2, -0.15) is 0 Å². The highest BCUT2D eigenvalue weighted by Crippen LogP contribution is 2.30. The Kier molecular flexibility index (Phi) is 7.04. The van der Waals surface area contributed by atoms with Gasteiger partial charge in [0.05, 0.1) is 12.3 Å². The molecular weight excluding hydrogens is 412 g/mol. The Morgan fingerprint density at radius 2 is 1.73 bits per heavy atom. The number of ether oxygens (including phenoxy) is 1. The van der Waals surface area contributed by atoms with Crippen LogP contribution in [0, 0.1) is 13.8 Å². The summed E-state index contributed by atoms with van der Waals surface area (Å²) in [5.41, 5.74) is 6.76. The average Bonchev–Trinajstić information content (AvgIpc) is 2.83. The van der Waals surface area contributed by atoms with Gasteiger partial charge in [0.25, 0.3) is 0 Å². The summed E-state index contributed by atoms with van der Waals surface area (Å²) >= 11 is 0. The fourth-order valence-corrected chi connectivity index (χ4v) is 4.35. The third-order valence-electron chi connectivity index (χ3n) is 6.28. The molecule has 0 unspecified atom stereocenters. The second kappa shape index (κ2) is 10.1. The number of anilines is 1. The normalized spacial score (nSPS) is 13.9. The molecule has 1 amide bonds. The molecular formula is C27H32N4O2. The van der Waals surface area contributed by atoms with Crippen LogP contribution in [0.3, 0.4) is 0 Å². The molecule has 1 aliphatic heterocycles. The molecule has 6 heteroatoms. The highest BCUT2D eigenvalue weighted by atomic mass is 16.5. The Morgan fingerprint density at radius 3 is 2.39 bits per heavy atom. The number of hydrogen-bond donors (Lipinski definition) is 0. The van der Waals surface area contributed by atoms with E-state index in [4.69, 9.17) is 14.7 Å². The molecule has 4 rings (SSSR count). The lowest BCUT2D eigenvalue weighted by molar-refractivity contribution is -0.129. The minimum absolute atomic E-state index is 0.123. The third-order valence-corrected chi connectivity index (χ3v) is 6.28. The van der Waals surface area contributed by atoms with Gasteiger partial charge in [0.2, 0.25) is 5.91 Å². The minimum Gasteiger partial charge on any atom is -0.378 e. The molecule has 1 aromatic heterocycles. The first-order chi connectivity index (χ1) is 16.0. The van der Waals surface area contributed by atoms with Crippen molar-refractivity contribution in [3.8, 4) is 11.4 Å². The zero-order valence-electron chi connectivity index (χ0n) is 20.0. The average molecular weight is 445 g/mol. The molecule has 1 aliphatic rings. The van der Waals surface area contributed by atoms with Crippen LogP contribution in [-0.4, -0.2) is 54.1 Å². The molecule has 0 saturated carbocycles. The van der Waals surface area contributed by atoms with Crippen molar-refractivity contribution in [2.45, 2.75) is 33.8 Å². The predicted octanol–water partition coefficient (Wildman–Crippen LogP) is 4.17. The largest absolute Gasteiger partial charge is 0.378 e. The Hall–Kier alpha value is -3.25. The van der Waals surface area contributed by atoms with Crippen LogP contribution in [0.5, 0.6) is 0 Å². The first-order valence-electron chi connectivity index (χ1n) is 11.5. The zero-order valence-corrected chi connectivity index (χ0v) is 20.0. The summed E-state index contributed by atoms with van der Waals surface area (Å²) in [6.07, 6.45) is 0.740. The summed E-state index contributed by atoms with van der Waals surface area (Å²) in [4.78, 5) is 26.1. The molecule has 6 nitrogen and oxygen atoms in total. The Bertz CT molecular complexity index is 1120.